The fraction of sp³-hybridized carbons (Fsp3) is 0.438. The van der Waals surface area contributed by atoms with Crippen molar-refractivity contribution in [3.05, 3.63) is 36.9 Å². The molecule has 8 heteroatoms. The highest BCUT2D eigenvalue weighted by atomic mass is 16.7. The Hall–Kier alpha value is -2.45. The molecule has 24 heavy (non-hydrogen) atoms. The van der Waals surface area contributed by atoms with Crippen LogP contribution in [-0.4, -0.2) is 52.0 Å². The third kappa shape index (κ3) is 3.39. The van der Waals surface area contributed by atoms with Gasteiger partial charge in [-0.05, 0) is 25.0 Å². The van der Waals surface area contributed by atoms with Crippen molar-refractivity contribution in [2.75, 3.05) is 18.7 Å². The lowest BCUT2D eigenvalue weighted by Gasteiger charge is -2.17. The molecule has 1 saturated heterocycles. The summed E-state index contributed by atoms with van der Waals surface area (Å²) in [6.45, 7) is 0.563. The van der Waals surface area contributed by atoms with Gasteiger partial charge in [-0.15, -0.1) is 0 Å². The van der Waals surface area contributed by atoms with E-state index >= 15 is 0 Å². The molecular formula is C16H19N5O3. The van der Waals surface area contributed by atoms with Crippen LogP contribution in [0.3, 0.4) is 0 Å². The van der Waals surface area contributed by atoms with Gasteiger partial charge >= 0.3 is 0 Å². The van der Waals surface area contributed by atoms with Gasteiger partial charge in [0.05, 0.1) is 12.4 Å². The smallest absolute Gasteiger partial charge is 0.252 e. The van der Waals surface area contributed by atoms with Crippen molar-refractivity contribution in [2.45, 2.75) is 31.1 Å². The Balaban J connectivity index is 1.33. The van der Waals surface area contributed by atoms with Crippen LogP contribution in [0.25, 0.3) is 5.82 Å². The lowest BCUT2D eigenvalue weighted by atomic mass is 10.2. The molecule has 2 aromatic heterocycles. The van der Waals surface area contributed by atoms with E-state index in [0.29, 0.717) is 18.4 Å². The summed E-state index contributed by atoms with van der Waals surface area (Å²) in [5.74, 6) is 1.27. The second kappa shape index (κ2) is 6.58. The van der Waals surface area contributed by atoms with Crippen LogP contribution in [0.15, 0.2) is 36.9 Å². The summed E-state index contributed by atoms with van der Waals surface area (Å²) in [7, 11) is 0. The lowest BCUT2D eigenvalue weighted by molar-refractivity contribution is -0.130. The van der Waals surface area contributed by atoms with E-state index in [9.17, 15) is 4.79 Å². The average Bonchev–Trinajstić information content (AvgIpc) is 3.08. The van der Waals surface area contributed by atoms with Gasteiger partial charge < -0.3 is 24.7 Å². The number of hydrogen-bond acceptors (Lipinski definition) is 6. The first-order valence-electron chi connectivity index (χ1n) is 8.02. The molecule has 2 fully saturated rings. The van der Waals surface area contributed by atoms with Gasteiger partial charge in [0, 0.05) is 25.0 Å². The zero-order valence-corrected chi connectivity index (χ0v) is 13.1. The highest BCUT2D eigenvalue weighted by Gasteiger charge is 2.37. The number of hydrogen-bond donors (Lipinski definition) is 2. The van der Waals surface area contributed by atoms with Crippen LogP contribution in [0.4, 0.5) is 5.82 Å². The predicted molar refractivity (Wildman–Crippen MR) is 85.6 cm³/mol. The molecule has 0 unspecified atom stereocenters. The van der Waals surface area contributed by atoms with Crippen LogP contribution < -0.4 is 10.6 Å². The average molecular weight is 329 g/mol. The summed E-state index contributed by atoms with van der Waals surface area (Å²) in [6.07, 6.45) is 8.33. The number of nitrogens with zero attached hydrogens (tertiary/aromatic N) is 3. The van der Waals surface area contributed by atoms with Crippen molar-refractivity contribution in [3.8, 4) is 5.82 Å². The SMILES string of the molecule is O=C(NC1CC1)[C@@H]1OCO[C@H]1CNc1cnc(-n2cccc2)cn1. The van der Waals surface area contributed by atoms with Gasteiger partial charge in [-0.3, -0.25) is 4.79 Å². The molecule has 2 aromatic rings. The summed E-state index contributed by atoms with van der Waals surface area (Å²) in [4.78, 5) is 20.8. The fourth-order valence-corrected chi connectivity index (χ4v) is 2.55. The van der Waals surface area contributed by atoms with Gasteiger partial charge in [0.15, 0.2) is 11.9 Å². The van der Waals surface area contributed by atoms with Gasteiger partial charge in [0.2, 0.25) is 0 Å². The second-order valence-corrected chi connectivity index (χ2v) is 5.92. The lowest BCUT2D eigenvalue weighted by Crippen LogP contribution is -2.44. The Morgan fingerprint density at radius 3 is 2.75 bits per heavy atom. The van der Waals surface area contributed by atoms with E-state index < -0.39 is 6.10 Å². The number of amides is 1. The zero-order chi connectivity index (χ0) is 16.4. The van der Waals surface area contributed by atoms with Crippen molar-refractivity contribution in [1.82, 2.24) is 19.9 Å². The zero-order valence-electron chi connectivity index (χ0n) is 13.1. The van der Waals surface area contributed by atoms with E-state index in [2.05, 4.69) is 20.6 Å². The van der Waals surface area contributed by atoms with Crippen molar-refractivity contribution < 1.29 is 14.3 Å². The van der Waals surface area contributed by atoms with Crippen LogP contribution >= 0.6 is 0 Å². The van der Waals surface area contributed by atoms with Gasteiger partial charge in [0.25, 0.3) is 5.91 Å². The number of ether oxygens (including phenoxy) is 2. The number of carbonyl (C=O) groups is 1. The molecule has 8 nitrogen and oxygen atoms in total. The molecule has 1 aliphatic heterocycles. The van der Waals surface area contributed by atoms with E-state index in [4.69, 9.17) is 9.47 Å². The van der Waals surface area contributed by atoms with Crippen molar-refractivity contribution in [3.63, 3.8) is 0 Å². The Morgan fingerprint density at radius 1 is 1.21 bits per heavy atom. The highest BCUT2D eigenvalue weighted by Crippen LogP contribution is 2.21. The first-order chi connectivity index (χ1) is 11.8. The van der Waals surface area contributed by atoms with Crippen molar-refractivity contribution in [1.29, 1.82) is 0 Å². The first-order valence-corrected chi connectivity index (χ1v) is 8.02. The van der Waals surface area contributed by atoms with Gasteiger partial charge in [-0.1, -0.05) is 0 Å². The normalized spacial score (nSPS) is 23.2. The minimum atomic E-state index is -0.579. The van der Waals surface area contributed by atoms with Gasteiger partial charge in [0.1, 0.15) is 18.7 Å². The van der Waals surface area contributed by atoms with E-state index in [-0.39, 0.29) is 18.8 Å². The highest BCUT2D eigenvalue weighted by molar-refractivity contribution is 5.82. The molecular weight excluding hydrogens is 310 g/mol. The Kier molecular flexibility index (Phi) is 4.14. The molecule has 3 heterocycles. The largest absolute Gasteiger partial charge is 0.366 e. The predicted octanol–water partition coefficient (Wildman–Crippen LogP) is 0.699. The van der Waals surface area contributed by atoms with Crippen LogP contribution in [0.5, 0.6) is 0 Å². The van der Waals surface area contributed by atoms with E-state index in [1.54, 1.807) is 12.4 Å². The first kappa shape index (κ1) is 15.1. The number of nitrogens with one attached hydrogen (secondary N) is 2. The summed E-state index contributed by atoms with van der Waals surface area (Å²) < 4.78 is 12.8. The summed E-state index contributed by atoms with van der Waals surface area (Å²) in [6, 6.07) is 4.17. The monoisotopic (exact) mass is 329 g/mol. The molecule has 2 N–H and O–H groups in total. The molecule has 1 amide bonds. The Bertz CT molecular complexity index is 684. The number of anilines is 1. The van der Waals surface area contributed by atoms with Crippen LogP contribution in [0.1, 0.15) is 12.8 Å². The maximum absolute atomic E-state index is 12.1. The third-order valence-electron chi connectivity index (χ3n) is 4.04. The number of carbonyl (C=O) groups excluding carboxylic acids is 1. The third-order valence-corrected chi connectivity index (χ3v) is 4.04. The van der Waals surface area contributed by atoms with Gasteiger partial charge in [-0.2, -0.15) is 0 Å². The topological polar surface area (TPSA) is 90.3 Å². The number of aromatic nitrogens is 3. The molecule has 1 aliphatic carbocycles. The van der Waals surface area contributed by atoms with Crippen molar-refractivity contribution in [2.24, 2.45) is 0 Å². The summed E-state index contributed by atoms with van der Waals surface area (Å²) in [5, 5.41) is 6.09. The summed E-state index contributed by atoms with van der Waals surface area (Å²) in [5.41, 5.74) is 0. The van der Waals surface area contributed by atoms with Crippen LogP contribution in [-0.2, 0) is 14.3 Å². The Labute approximate surface area is 139 Å². The maximum atomic E-state index is 12.1. The molecule has 0 radical (unpaired) electrons. The molecule has 126 valence electrons. The standard InChI is InChI=1S/C16H19N5O3/c22-16(20-11-3-4-11)15-12(23-10-24-15)7-17-13-8-19-14(9-18-13)21-5-1-2-6-21/h1-2,5-6,8-9,11-12,15H,3-4,7,10H2,(H,17,18)(H,20,22)/t12-,15+/m0/s1. The van der Waals surface area contributed by atoms with E-state index in [0.717, 1.165) is 18.7 Å². The fourth-order valence-electron chi connectivity index (χ4n) is 2.55. The molecule has 2 atom stereocenters. The molecule has 0 bridgehead atoms. The van der Waals surface area contributed by atoms with Crippen LogP contribution in [0, 0.1) is 0 Å². The van der Waals surface area contributed by atoms with Gasteiger partial charge in [-0.25, -0.2) is 9.97 Å². The summed E-state index contributed by atoms with van der Waals surface area (Å²) >= 11 is 0. The quantitative estimate of drug-likeness (QED) is 0.811. The van der Waals surface area contributed by atoms with Crippen LogP contribution in [0.2, 0.25) is 0 Å². The van der Waals surface area contributed by atoms with Crippen molar-refractivity contribution >= 4 is 11.7 Å². The number of rotatable bonds is 6. The molecule has 1 saturated carbocycles. The molecule has 0 aromatic carbocycles. The minimum Gasteiger partial charge on any atom is -0.366 e. The maximum Gasteiger partial charge on any atom is 0.252 e. The van der Waals surface area contributed by atoms with E-state index in [1.807, 2.05) is 29.1 Å². The minimum absolute atomic E-state index is 0.101. The van der Waals surface area contributed by atoms with E-state index in [1.165, 1.54) is 0 Å². The Morgan fingerprint density at radius 2 is 2.04 bits per heavy atom. The molecule has 4 rings (SSSR count). The molecule has 2 aliphatic rings. The second-order valence-electron chi connectivity index (χ2n) is 5.92. The molecule has 0 spiro atoms.